The van der Waals surface area contributed by atoms with Gasteiger partial charge in [0.05, 0.1) is 5.25 Å². The van der Waals surface area contributed by atoms with Crippen LogP contribution in [0.15, 0.2) is 0 Å². The molecule has 146 valence electrons. The number of unbranched alkanes of at least 4 members (excludes halogenated alkanes) is 13. The molecule has 4 heteroatoms. The van der Waals surface area contributed by atoms with E-state index in [0.717, 1.165) is 25.7 Å². The monoisotopic (exact) mass is 362 g/mol. The van der Waals surface area contributed by atoms with E-state index in [9.17, 15) is 13.0 Å². The largest absolute Gasteiger partial charge is 0.285 e. The zero-order chi connectivity index (χ0) is 18.1. The summed E-state index contributed by atoms with van der Waals surface area (Å²) in [6.45, 7) is 4.43. The lowest BCUT2D eigenvalue weighted by Crippen LogP contribution is -2.20. The van der Waals surface area contributed by atoms with E-state index in [1.165, 1.54) is 70.6 Å². The maximum atomic E-state index is 11.5. The van der Waals surface area contributed by atoms with Gasteiger partial charge in [0.2, 0.25) is 0 Å². The lowest BCUT2D eigenvalue weighted by Gasteiger charge is -2.13. The van der Waals surface area contributed by atoms with Crippen LogP contribution in [0.25, 0.3) is 0 Å². The first-order valence-corrected chi connectivity index (χ1v) is 12.0. The third kappa shape index (κ3) is 15.4. The number of hydrogen-bond donors (Lipinski definition) is 1. The Morgan fingerprint density at radius 2 is 0.875 bits per heavy atom. The predicted octanol–water partition coefficient (Wildman–Crippen LogP) is 6.91. The van der Waals surface area contributed by atoms with Crippen LogP contribution in [0.3, 0.4) is 0 Å². The first-order chi connectivity index (χ1) is 11.5. The highest BCUT2D eigenvalue weighted by Crippen LogP contribution is 2.19. The van der Waals surface area contributed by atoms with Crippen LogP contribution >= 0.6 is 0 Å². The van der Waals surface area contributed by atoms with Gasteiger partial charge >= 0.3 is 0 Å². The van der Waals surface area contributed by atoms with E-state index in [4.69, 9.17) is 0 Å². The van der Waals surface area contributed by atoms with Gasteiger partial charge in [-0.3, -0.25) is 4.55 Å². The van der Waals surface area contributed by atoms with Crippen LogP contribution in [0.4, 0.5) is 0 Å². The molecule has 0 aliphatic heterocycles. The van der Waals surface area contributed by atoms with Crippen LogP contribution < -0.4 is 0 Å². The third-order valence-corrected chi connectivity index (χ3v) is 6.24. The quantitative estimate of drug-likeness (QED) is 0.213. The van der Waals surface area contributed by atoms with E-state index < -0.39 is 15.4 Å². The minimum atomic E-state index is -3.87. The van der Waals surface area contributed by atoms with E-state index in [0.29, 0.717) is 12.8 Å². The predicted molar refractivity (Wildman–Crippen MR) is 105 cm³/mol. The van der Waals surface area contributed by atoms with Crippen LogP contribution in [0.5, 0.6) is 0 Å². The zero-order valence-electron chi connectivity index (χ0n) is 16.3. The molecule has 0 saturated carbocycles. The molecule has 1 atom stereocenters. The molecule has 1 N–H and O–H groups in total. The van der Waals surface area contributed by atoms with Gasteiger partial charge in [-0.1, -0.05) is 110 Å². The molecule has 0 radical (unpaired) electrons. The van der Waals surface area contributed by atoms with Crippen molar-refractivity contribution < 1.29 is 13.0 Å². The molecule has 0 rings (SSSR count). The molecule has 0 spiro atoms. The van der Waals surface area contributed by atoms with Crippen molar-refractivity contribution in [3.05, 3.63) is 0 Å². The summed E-state index contributed by atoms with van der Waals surface area (Å²) in [5.74, 6) is 0. The Morgan fingerprint density at radius 3 is 1.17 bits per heavy atom. The fraction of sp³-hybridized carbons (Fsp3) is 1.00. The SMILES string of the molecule is CCCCCCCCCCC(CCCCCCCCC)S(=O)(=O)O. The topological polar surface area (TPSA) is 54.4 Å². The average molecular weight is 363 g/mol. The Labute approximate surface area is 151 Å². The fourth-order valence-corrected chi connectivity index (χ4v) is 4.21. The third-order valence-electron chi connectivity index (χ3n) is 4.93. The van der Waals surface area contributed by atoms with E-state index in [1.54, 1.807) is 0 Å². The summed E-state index contributed by atoms with van der Waals surface area (Å²) in [6, 6.07) is 0. The van der Waals surface area contributed by atoms with Gasteiger partial charge in [0.25, 0.3) is 10.1 Å². The zero-order valence-corrected chi connectivity index (χ0v) is 17.1. The first kappa shape index (κ1) is 23.9. The van der Waals surface area contributed by atoms with Crippen LogP contribution in [0.1, 0.15) is 123 Å². The summed E-state index contributed by atoms with van der Waals surface area (Å²) in [5.41, 5.74) is 0. The average Bonchev–Trinajstić information content (AvgIpc) is 2.53. The lowest BCUT2D eigenvalue weighted by molar-refractivity contribution is 0.442. The van der Waals surface area contributed by atoms with Crippen LogP contribution in [0.2, 0.25) is 0 Å². The second-order valence-corrected chi connectivity index (χ2v) is 9.01. The van der Waals surface area contributed by atoms with E-state index in [2.05, 4.69) is 13.8 Å². The van der Waals surface area contributed by atoms with Crippen molar-refractivity contribution >= 4 is 10.1 Å². The number of rotatable bonds is 18. The van der Waals surface area contributed by atoms with Crippen molar-refractivity contribution in [3.63, 3.8) is 0 Å². The summed E-state index contributed by atoms with van der Waals surface area (Å²) >= 11 is 0. The van der Waals surface area contributed by atoms with E-state index in [-0.39, 0.29) is 0 Å². The van der Waals surface area contributed by atoms with Gasteiger partial charge in [-0.25, -0.2) is 0 Å². The lowest BCUT2D eigenvalue weighted by atomic mass is 10.0. The molecule has 0 aromatic heterocycles. The van der Waals surface area contributed by atoms with Gasteiger partial charge in [0.1, 0.15) is 0 Å². The van der Waals surface area contributed by atoms with Crippen molar-refractivity contribution in [1.29, 1.82) is 0 Å². The maximum absolute atomic E-state index is 11.5. The summed E-state index contributed by atoms with van der Waals surface area (Å²) in [4.78, 5) is 0. The molecule has 0 bridgehead atoms. The number of hydrogen-bond acceptors (Lipinski definition) is 2. The Balaban J connectivity index is 3.72. The van der Waals surface area contributed by atoms with Crippen molar-refractivity contribution in [2.24, 2.45) is 0 Å². The summed E-state index contributed by atoms with van der Waals surface area (Å²) in [7, 11) is -3.87. The normalized spacial score (nSPS) is 13.3. The smallest absolute Gasteiger partial charge is 0.267 e. The van der Waals surface area contributed by atoms with Gasteiger partial charge in [-0.05, 0) is 12.8 Å². The van der Waals surface area contributed by atoms with Gasteiger partial charge in [0.15, 0.2) is 0 Å². The second kappa shape index (κ2) is 16.4. The van der Waals surface area contributed by atoms with Crippen LogP contribution in [-0.4, -0.2) is 18.2 Å². The second-order valence-electron chi connectivity index (χ2n) is 7.31. The molecule has 0 saturated heterocycles. The summed E-state index contributed by atoms with van der Waals surface area (Å²) < 4.78 is 32.5. The van der Waals surface area contributed by atoms with Crippen molar-refractivity contribution in [1.82, 2.24) is 0 Å². The Morgan fingerprint density at radius 1 is 0.583 bits per heavy atom. The summed E-state index contributed by atoms with van der Waals surface area (Å²) in [5, 5.41) is -0.534. The van der Waals surface area contributed by atoms with Crippen molar-refractivity contribution in [2.45, 2.75) is 128 Å². The molecule has 0 heterocycles. The molecular weight excluding hydrogens is 320 g/mol. The standard InChI is InChI=1S/C20H42O3S/c1-3-5-7-9-11-13-15-17-19-20(24(21,22)23)18-16-14-12-10-8-6-4-2/h20H,3-19H2,1-2H3,(H,21,22,23). The molecule has 1 unspecified atom stereocenters. The van der Waals surface area contributed by atoms with Gasteiger partial charge in [-0.2, -0.15) is 8.42 Å². The van der Waals surface area contributed by atoms with E-state index in [1.807, 2.05) is 0 Å². The molecular formula is C20H42O3S. The Kier molecular flexibility index (Phi) is 16.3. The maximum Gasteiger partial charge on any atom is 0.267 e. The highest BCUT2D eigenvalue weighted by atomic mass is 32.2. The highest BCUT2D eigenvalue weighted by Gasteiger charge is 2.21. The van der Waals surface area contributed by atoms with Crippen molar-refractivity contribution in [3.8, 4) is 0 Å². The molecule has 0 fully saturated rings. The molecule has 0 aliphatic rings. The fourth-order valence-electron chi connectivity index (χ4n) is 3.28. The summed E-state index contributed by atoms with van der Waals surface area (Å²) in [6.07, 6.45) is 19.2. The minimum absolute atomic E-state index is 0.534. The van der Waals surface area contributed by atoms with Crippen molar-refractivity contribution in [2.75, 3.05) is 0 Å². The molecule has 0 aliphatic carbocycles. The van der Waals surface area contributed by atoms with E-state index >= 15 is 0 Å². The van der Waals surface area contributed by atoms with Gasteiger partial charge in [0, 0.05) is 0 Å². The molecule has 0 aromatic carbocycles. The molecule has 3 nitrogen and oxygen atoms in total. The Hall–Kier alpha value is -0.0900. The highest BCUT2D eigenvalue weighted by molar-refractivity contribution is 7.86. The first-order valence-electron chi connectivity index (χ1n) is 10.5. The molecule has 0 amide bonds. The molecule has 24 heavy (non-hydrogen) atoms. The van der Waals surface area contributed by atoms with Crippen LogP contribution in [-0.2, 0) is 10.1 Å². The van der Waals surface area contributed by atoms with Gasteiger partial charge in [-0.15, -0.1) is 0 Å². The Bertz CT molecular complexity index is 352. The molecule has 0 aromatic rings. The van der Waals surface area contributed by atoms with Gasteiger partial charge < -0.3 is 0 Å². The minimum Gasteiger partial charge on any atom is -0.285 e. The van der Waals surface area contributed by atoms with Crippen LogP contribution in [0, 0.1) is 0 Å².